The van der Waals surface area contributed by atoms with E-state index in [0.29, 0.717) is 4.90 Å². The minimum absolute atomic E-state index is 0.00713. The number of aromatic nitrogens is 1. The summed E-state index contributed by atoms with van der Waals surface area (Å²) in [7, 11) is 0. The molecule has 0 atom stereocenters. The number of hydrogen-bond donors (Lipinski definition) is 2. The second-order valence-corrected chi connectivity index (χ2v) is 3.01. The molecule has 0 spiro atoms. The van der Waals surface area contributed by atoms with Crippen molar-refractivity contribution in [2.75, 3.05) is 0 Å². The van der Waals surface area contributed by atoms with Gasteiger partial charge in [0.2, 0.25) is 0 Å². The summed E-state index contributed by atoms with van der Waals surface area (Å²) >= 11 is 4.12. The molecule has 1 aromatic heterocycles. The summed E-state index contributed by atoms with van der Waals surface area (Å²) in [6.45, 7) is 1.82. The van der Waals surface area contributed by atoms with Gasteiger partial charge in [-0.2, -0.15) is 0 Å². The quantitative estimate of drug-likeness (QED) is 0.679. The topological polar surface area (TPSA) is 50.2 Å². The van der Waals surface area contributed by atoms with E-state index in [1.165, 1.54) is 0 Å². The zero-order chi connectivity index (χ0) is 9.14. The lowest BCUT2D eigenvalue weighted by atomic mass is 10.1. The molecule has 0 saturated carbocycles. The highest BCUT2D eigenvalue weighted by Crippen LogP contribution is 2.16. The van der Waals surface area contributed by atoms with E-state index in [1.54, 1.807) is 12.4 Å². The first-order chi connectivity index (χ1) is 5.61. The number of hydrogen-bond acceptors (Lipinski definition) is 3. The molecular formula is C8H9NO2S. The molecule has 0 aliphatic carbocycles. The molecule has 0 aliphatic heterocycles. The van der Waals surface area contributed by atoms with Gasteiger partial charge in [0.15, 0.2) is 0 Å². The zero-order valence-electron chi connectivity index (χ0n) is 6.61. The molecule has 12 heavy (non-hydrogen) atoms. The van der Waals surface area contributed by atoms with Gasteiger partial charge in [0.05, 0.1) is 6.42 Å². The summed E-state index contributed by atoms with van der Waals surface area (Å²) in [4.78, 5) is 14.9. The van der Waals surface area contributed by atoms with Gasteiger partial charge in [-0.15, -0.1) is 12.6 Å². The Morgan fingerprint density at radius 2 is 2.33 bits per heavy atom. The van der Waals surface area contributed by atoms with Gasteiger partial charge in [-0.3, -0.25) is 9.78 Å². The highest BCUT2D eigenvalue weighted by Gasteiger charge is 2.07. The second kappa shape index (κ2) is 3.58. The Bertz CT molecular complexity index is 292. The third-order valence-corrected chi connectivity index (χ3v) is 1.96. The second-order valence-electron chi connectivity index (χ2n) is 2.52. The van der Waals surface area contributed by atoms with Crippen LogP contribution < -0.4 is 0 Å². The highest BCUT2D eigenvalue weighted by atomic mass is 32.1. The zero-order valence-corrected chi connectivity index (χ0v) is 7.51. The Morgan fingerprint density at radius 3 is 2.83 bits per heavy atom. The number of rotatable bonds is 2. The van der Waals surface area contributed by atoms with Gasteiger partial charge < -0.3 is 5.11 Å². The summed E-state index contributed by atoms with van der Waals surface area (Å²) in [6.07, 6.45) is 3.19. The van der Waals surface area contributed by atoms with Crippen LogP contribution in [0.25, 0.3) is 0 Å². The summed E-state index contributed by atoms with van der Waals surface area (Å²) in [6, 6.07) is 0. The van der Waals surface area contributed by atoms with Crippen LogP contribution in [-0.2, 0) is 11.2 Å². The number of carboxylic acid groups (broad SMARTS) is 1. The standard InChI is InChI=1S/C8H9NO2S/c1-5-3-9-4-7(12)6(5)2-8(10)11/h3-4,12H,2H2,1H3,(H,10,11). The van der Waals surface area contributed by atoms with Crippen molar-refractivity contribution in [3.63, 3.8) is 0 Å². The van der Waals surface area contributed by atoms with Crippen LogP contribution in [0.4, 0.5) is 0 Å². The van der Waals surface area contributed by atoms with Crippen LogP contribution in [0, 0.1) is 6.92 Å². The van der Waals surface area contributed by atoms with E-state index >= 15 is 0 Å². The smallest absolute Gasteiger partial charge is 0.307 e. The summed E-state index contributed by atoms with van der Waals surface area (Å²) in [5.74, 6) is -0.848. The van der Waals surface area contributed by atoms with Crippen LogP contribution >= 0.6 is 12.6 Å². The van der Waals surface area contributed by atoms with E-state index in [0.717, 1.165) is 11.1 Å². The Labute approximate surface area is 75.9 Å². The Kier molecular flexibility index (Phi) is 2.70. The molecule has 0 aromatic carbocycles. The van der Waals surface area contributed by atoms with Gasteiger partial charge >= 0.3 is 5.97 Å². The molecule has 1 rings (SSSR count). The molecule has 0 amide bonds. The first-order valence-corrected chi connectivity index (χ1v) is 3.90. The first-order valence-electron chi connectivity index (χ1n) is 3.45. The van der Waals surface area contributed by atoms with Gasteiger partial charge in [0, 0.05) is 17.3 Å². The maximum Gasteiger partial charge on any atom is 0.307 e. The van der Waals surface area contributed by atoms with E-state index in [9.17, 15) is 4.79 Å². The Balaban J connectivity index is 3.04. The molecule has 0 bridgehead atoms. The van der Waals surface area contributed by atoms with E-state index in [4.69, 9.17) is 5.11 Å². The molecule has 0 saturated heterocycles. The molecule has 0 fully saturated rings. The van der Waals surface area contributed by atoms with Crippen molar-refractivity contribution >= 4 is 18.6 Å². The van der Waals surface area contributed by atoms with E-state index in [2.05, 4.69) is 17.6 Å². The molecule has 0 unspecified atom stereocenters. The van der Waals surface area contributed by atoms with Crippen LogP contribution in [0.15, 0.2) is 17.3 Å². The normalized spacial score (nSPS) is 9.83. The molecular weight excluding hydrogens is 174 g/mol. The predicted octanol–water partition coefficient (Wildman–Crippen LogP) is 1.31. The minimum Gasteiger partial charge on any atom is -0.481 e. The van der Waals surface area contributed by atoms with E-state index in [1.807, 2.05) is 6.92 Å². The predicted molar refractivity (Wildman–Crippen MR) is 47.6 cm³/mol. The molecule has 1 N–H and O–H groups in total. The van der Waals surface area contributed by atoms with E-state index < -0.39 is 5.97 Å². The SMILES string of the molecule is Cc1cncc(S)c1CC(=O)O. The fourth-order valence-corrected chi connectivity index (χ4v) is 1.28. The fraction of sp³-hybridized carbons (Fsp3) is 0.250. The molecule has 0 aliphatic rings. The molecule has 64 valence electrons. The molecule has 4 heteroatoms. The van der Waals surface area contributed by atoms with Crippen molar-refractivity contribution in [2.24, 2.45) is 0 Å². The van der Waals surface area contributed by atoms with Gasteiger partial charge in [-0.25, -0.2) is 0 Å². The number of carboxylic acids is 1. The average molecular weight is 183 g/mol. The van der Waals surface area contributed by atoms with Gasteiger partial charge in [-0.05, 0) is 18.1 Å². The third-order valence-electron chi connectivity index (χ3n) is 1.58. The van der Waals surface area contributed by atoms with E-state index in [-0.39, 0.29) is 6.42 Å². The lowest BCUT2D eigenvalue weighted by Gasteiger charge is -2.04. The van der Waals surface area contributed by atoms with Crippen molar-refractivity contribution < 1.29 is 9.90 Å². The van der Waals surface area contributed by atoms with Crippen LogP contribution in [0.3, 0.4) is 0 Å². The van der Waals surface area contributed by atoms with Crippen LogP contribution in [-0.4, -0.2) is 16.1 Å². The number of pyridine rings is 1. The lowest BCUT2D eigenvalue weighted by Crippen LogP contribution is -2.03. The number of aliphatic carboxylic acids is 1. The fourth-order valence-electron chi connectivity index (χ4n) is 0.959. The lowest BCUT2D eigenvalue weighted by molar-refractivity contribution is -0.136. The van der Waals surface area contributed by atoms with Gasteiger partial charge in [0.25, 0.3) is 0 Å². The summed E-state index contributed by atoms with van der Waals surface area (Å²) < 4.78 is 0. The average Bonchev–Trinajstić information content (AvgIpc) is 1.97. The van der Waals surface area contributed by atoms with Crippen LogP contribution in [0.2, 0.25) is 0 Å². The number of nitrogens with zero attached hydrogens (tertiary/aromatic N) is 1. The summed E-state index contributed by atoms with van der Waals surface area (Å²) in [5, 5.41) is 8.56. The summed E-state index contributed by atoms with van der Waals surface area (Å²) in [5.41, 5.74) is 1.60. The van der Waals surface area contributed by atoms with Crippen molar-refractivity contribution in [2.45, 2.75) is 18.2 Å². The Morgan fingerprint density at radius 1 is 1.67 bits per heavy atom. The van der Waals surface area contributed by atoms with Crippen LogP contribution in [0.1, 0.15) is 11.1 Å². The molecule has 3 nitrogen and oxygen atoms in total. The van der Waals surface area contributed by atoms with Crippen molar-refractivity contribution in [1.82, 2.24) is 4.98 Å². The largest absolute Gasteiger partial charge is 0.481 e. The van der Waals surface area contributed by atoms with Gasteiger partial charge in [-0.1, -0.05) is 0 Å². The maximum absolute atomic E-state index is 10.4. The molecule has 1 heterocycles. The van der Waals surface area contributed by atoms with Crippen molar-refractivity contribution in [3.8, 4) is 0 Å². The van der Waals surface area contributed by atoms with Crippen molar-refractivity contribution in [1.29, 1.82) is 0 Å². The number of aryl methyl sites for hydroxylation is 1. The first kappa shape index (κ1) is 9.06. The number of carbonyl (C=O) groups is 1. The molecule has 1 aromatic rings. The Hall–Kier alpha value is -1.03. The minimum atomic E-state index is -0.848. The molecule has 0 radical (unpaired) electrons. The highest BCUT2D eigenvalue weighted by molar-refractivity contribution is 7.80. The van der Waals surface area contributed by atoms with Crippen molar-refractivity contribution in [3.05, 3.63) is 23.5 Å². The monoisotopic (exact) mass is 183 g/mol. The van der Waals surface area contributed by atoms with Gasteiger partial charge in [0.1, 0.15) is 0 Å². The maximum atomic E-state index is 10.4. The van der Waals surface area contributed by atoms with Crippen LogP contribution in [0.5, 0.6) is 0 Å². The third kappa shape index (κ3) is 1.98. The number of thiol groups is 1.